The molecule has 0 radical (unpaired) electrons. The summed E-state index contributed by atoms with van der Waals surface area (Å²) in [5, 5.41) is 0. The quantitative estimate of drug-likeness (QED) is 0.518. The Hall–Kier alpha value is -2.11. The average molecular weight is 384 g/mol. The van der Waals surface area contributed by atoms with Crippen molar-refractivity contribution in [2.24, 2.45) is 0 Å². The van der Waals surface area contributed by atoms with Crippen molar-refractivity contribution in [3.8, 4) is 16.9 Å². The van der Waals surface area contributed by atoms with Crippen molar-refractivity contribution in [1.29, 1.82) is 0 Å². The number of rotatable bonds is 5. The summed E-state index contributed by atoms with van der Waals surface area (Å²) in [5.74, 6) is -1.93. The lowest BCUT2D eigenvalue weighted by Gasteiger charge is -2.20. The van der Waals surface area contributed by atoms with Crippen molar-refractivity contribution in [3.63, 3.8) is 0 Å². The maximum atomic E-state index is 15.1. The van der Waals surface area contributed by atoms with E-state index >= 15 is 4.39 Å². The molecule has 27 heavy (non-hydrogen) atoms. The number of aryl methyl sites for hydroxylation is 1. The van der Waals surface area contributed by atoms with Crippen molar-refractivity contribution in [2.45, 2.75) is 58.7 Å². The predicted octanol–water partition coefficient (Wildman–Crippen LogP) is 6.76. The zero-order chi connectivity index (χ0) is 19.9. The molecule has 0 bridgehead atoms. The minimum Gasteiger partial charge on any atom is -0.490 e. The Labute approximate surface area is 155 Å². The van der Waals surface area contributed by atoms with Crippen molar-refractivity contribution in [1.82, 2.24) is 0 Å². The van der Waals surface area contributed by atoms with E-state index in [2.05, 4.69) is 0 Å². The van der Waals surface area contributed by atoms with E-state index in [-0.39, 0.29) is 18.1 Å². The van der Waals surface area contributed by atoms with Crippen LogP contribution < -0.4 is 4.74 Å². The van der Waals surface area contributed by atoms with Crippen LogP contribution in [0.25, 0.3) is 11.1 Å². The molecular weight excluding hydrogens is 363 g/mol. The molecule has 2 aromatic rings. The predicted molar refractivity (Wildman–Crippen MR) is 93.9 cm³/mol. The first kappa shape index (κ1) is 19.6. The van der Waals surface area contributed by atoms with Crippen LogP contribution in [-0.2, 0) is 12.6 Å². The first-order valence-corrected chi connectivity index (χ1v) is 9.00. The fourth-order valence-electron chi connectivity index (χ4n) is 3.29. The molecule has 1 saturated carbocycles. The maximum absolute atomic E-state index is 15.1. The van der Waals surface area contributed by atoms with Gasteiger partial charge in [-0.25, -0.2) is 8.78 Å². The van der Waals surface area contributed by atoms with E-state index in [0.717, 1.165) is 12.8 Å². The second kappa shape index (κ2) is 7.13. The van der Waals surface area contributed by atoms with Gasteiger partial charge in [-0.3, -0.25) is 0 Å². The number of halogens is 5. The number of hydrogen-bond donors (Lipinski definition) is 0. The highest BCUT2D eigenvalue weighted by molar-refractivity contribution is 5.75. The first-order valence-electron chi connectivity index (χ1n) is 9.00. The third-order valence-corrected chi connectivity index (χ3v) is 4.81. The summed E-state index contributed by atoms with van der Waals surface area (Å²) in [6.45, 7) is 5.05. The molecule has 0 amide bonds. The van der Waals surface area contributed by atoms with Crippen molar-refractivity contribution in [2.75, 3.05) is 0 Å². The van der Waals surface area contributed by atoms with Crippen LogP contribution in [0.2, 0.25) is 0 Å². The lowest BCUT2D eigenvalue weighted by molar-refractivity contribution is -0.140. The van der Waals surface area contributed by atoms with Gasteiger partial charge in [-0.15, -0.1) is 0 Å². The monoisotopic (exact) mass is 384 g/mol. The van der Waals surface area contributed by atoms with E-state index < -0.39 is 28.9 Å². The summed E-state index contributed by atoms with van der Waals surface area (Å²) in [4.78, 5) is 0. The second-order valence-electron chi connectivity index (χ2n) is 7.02. The van der Waals surface area contributed by atoms with Gasteiger partial charge in [-0.2, -0.15) is 13.2 Å². The molecule has 0 saturated heterocycles. The van der Waals surface area contributed by atoms with Crippen LogP contribution in [0.15, 0.2) is 18.2 Å². The Balaban J connectivity index is 2.26. The highest BCUT2D eigenvalue weighted by Gasteiger charge is 2.37. The van der Waals surface area contributed by atoms with E-state index in [9.17, 15) is 17.6 Å². The van der Waals surface area contributed by atoms with Gasteiger partial charge in [0.1, 0.15) is 17.4 Å². The van der Waals surface area contributed by atoms with E-state index in [0.29, 0.717) is 34.9 Å². The molecule has 0 aliphatic heterocycles. The number of benzene rings is 2. The van der Waals surface area contributed by atoms with Gasteiger partial charge in [-0.1, -0.05) is 19.4 Å². The Morgan fingerprint density at radius 1 is 1.07 bits per heavy atom. The van der Waals surface area contributed by atoms with Crippen LogP contribution in [-0.4, -0.2) is 6.10 Å². The van der Waals surface area contributed by atoms with Crippen LogP contribution >= 0.6 is 0 Å². The average Bonchev–Trinajstić information content (AvgIpc) is 3.39. The highest BCUT2D eigenvalue weighted by Crippen LogP contribution is 2.42. The number of hydrogen-bond acceptors (Lipinski definition) is 1. The third-order valence-electron chi connectivity index (χ3n) is 4.81. The zero-order valence-electron chi connectivity index (χ0n) is 15.4. The fraction of sp³-hybridized carbons (Fsp3) is 0.429. The lowest BCUT2D eigenvalue weighted by Crippen LogP contribution is -2.13. The van der Waals surface area contributed by atoms with Crippen LogP contribution in [0.1, 0.15) is 48.4 Å². The van der Waals surface area contributed by atoms with Crippen LogP contribution in [0.5, 0.6) is 5.75 Å². The van der Waals surface area contributed by atoms with Gasteiger partial charge in [0.05, 0.1) is 11.7 Å². The molecule has 0 heterocycles. The number of ether oxygens (including phenoxy) is 1. The van der Waals surface area contributed by atoms with E-state index in [4.69, 9.17) is 4.74 Å². The van der Waals surface area contributed by atoms with E-state index in [1.807, 2.05) is 0 Å². The molecule has 1 aliphatic carbocycles. The largest absolute Gasteiger partial charge is 0.490 e. The normalized spacial score (nSPS) is 14.5. The summed E-state index contributed by atoms with van der Waals surface area (Å²) in [7, 11) is 0. The van der Waals surface area contributed by atoms with Gasteiger partial charge in [0.15, 0.2) is 0 Å². The smallest absolute Gasteiger partial charge is 0.419 e. The molecule has 3 rings (SSSR count). The molecule has 1 aliphatic rings. The molecule has 0 atom stereocenters. The summed E-state index contributed by atoms with van der Waals surface area (Å²) < 4.78 is 75.4. The Morgan fingerprint density at radius 3 is 2.30 bits per heavy atom. The third kappa shape index (κ3) is 3.80. The molecule has 0 spiro atoms. The van der Waals surface area contributed by atoms with Gasteiger partial charge in [0.2, 0.25) is 0 Å². The molecule has 0 N–H and O–H groups in total. The number of alkyl halides is 3. The molecular formula is C21H21F5O. The molecule has 0 aromatic heterocycles. The minimum absolute atomic E-state index is 0.0960. The Bertz CT molecular complexity index is 866. The van der Waals surface area contributed by atoms with Crippen molar-refractivity contribution in [3.05, 3.63) is 52.1 Å². The van der Waals surface area contributed by atoms with Crippen molar-refractivity contribution < 1.29 is 26.7 Å². The first-order chi connectivity index (χ1) is 12.6. The SMILES string of the molecule is CCCc1c(F)c(-c2c(C)ccc(OC3CC3)c2C)cc(C(F)(F)F)c1F. The minimum atomic E-state index is -4.90. The van der Waals surface area contributed by atoms with Crippen LogP contribution in [0, 0.1) is 25.5 Å². The van der Waals surface area contributed by atoms with E-state index in [1.165, 1.54) is 0 Å². The van der Waals surface area contributed by atoms with Gasteiger partial charge in [-0.05, 0) is 61.9 Å². The zero-order valence-corrected chi connectivity index (χ0v) is 15.4. The maximum Gasteiger partial charge on any atom is 0.419 e. The van der Waals surface area contributed by atoms with E-state index in [1.54, 1.807) is 32.9 Å². The molecule has 0 unspecified atom stereocenters. The fourth-order valence-corrected chi connectivity index (χ4v) is 3.29. The van der Waals surface area contributed by atoms with Gasteiger partial charge >= 0.3 is 6.18 Å². The van der Waals surface area contributed by atoms with Crippen LogP contribution in [0.4, 0.5) is 22.0 Å². The molecule has 1 nitrogen and oxygen atoms in total. The second-order valence-corrected chi connectivity index (χ2v) is 7.02. The summed E-state index contributed by atoms with van der Waals surface area (Å²) in [6.07, 6.45) is -2.74. The molecule has 6 heteroatoms. The van der Waals surface area contributed by atoms with Crippen molar-refractivity contribution >= 4 is 0 Å². The van der Waals surface area contributed by atoms with Crippen LogP contribution in [0.3, 0.4) is 0 Å². The topological polar surface area (TPSA) is 9.23 Å². The highest BCUT2D eigenvalue weighted by atomic mass is 19.4. The Kier molecular flexibility index (Phi) is 5.19. The summed E-state index contributed by atoms with van der Waals surface area (Å²) >= 11 is 0. The summed E-state index contributed by atoms with van der Waals surface area (Å²) in [5.41, 5.74) is -0.694. The van der Waals surface area contributed by atoms with Gasteiger partial charge < -0.3 is 4.74 Å². The molecule has 1 fully saturated rings. The van der Waals surface area contributed by atoms with Gasteiger partial charge in [0.25, 0.3) is 0 Å². The Morgan fingerprint density at radius 2 is 1.74 bits per heavy atom. The van der Waals surface area contributed by atoms with Gasteiger partial charge in [0, 0.05) is 11.1 Å². The molecule has 2 aromatic carbocycles. The summed E-state index contributed by atoms with van der Waals surface area (Å²) in [6, 6.07) is 4.02. The lowest BCUT2D eigenvalue weighted by atomic mass is 9.90. The molecule has 146 valence electrons. The standard InChI is InChI=1S/C21H21F5O/c1-4-5-14-19(22)15(10-16(20(14)23)21(24,25)26)18-11(2)6-9-17(12(18)3)27-13-7-8-13/h6,9-10,13H,4-5,7-8H2,1-3H3.